The minimum atomic E-state index is -3.12. The normalized spacial score (nSPS) is 22.1. The number of fused-ring (bicyclic) bond motifs is 1. The Balaban J connectivity index is 1.89. The van der Waals surface area contributed by atoms with Gasteiger partial charge in [0.15, 0.2) is 9.84 Å². The standard InChI is InChI=1S/C14H17N3O2S/c1-10(11-8-15-16-9-11)17-13-6-7-20(18,19)14-5-3-2-4-12(13)14/h2-5,8-10,13,17H,6-7H2,1H3,(H,15,16). The van der Waals surface area contributed by atoms with Gasteiger partial charge in [-0.3, -0.25) is 5.10 Å². The van der Waals surface area contributed by atoms with Gasteiger partial charge in [0.05, 0.1) is 16.8 Å². The van der Waals surface area contributed by atoms with Crippen LogP contribution in [0.15, 0.2) is 41.6 Å². The van der Waals surface area contributed by atoms with E-state index in [0.29, 0.717) is 11.3 Å². The zero-order valence-corrected chi connectivity index (χ0v) is 12.0. The smallest absolute Gasteiger partial charge is 0.178 e. The van der Waals surface area contributed by atoms with E-state index in [4.69, 9.17) is 0 Å². The monoisotopic (exact) mass is 291 g/mol. The second kappa shape index (κ2) is 5.03. The summed E-state index contributed by atoms with van der Waals surface area (Å²) in [6.45, 7) is 2.05. The van der Waals surface area contributed by atoms with Crippen LogP contribution < -0.4 is 5.32 Å². The van der Waals surface area contributed by atoms with E-state index in [1.165, 1.54) is 0 Å². The number of aromatic nitrogens is 2. The number of aromatic amines is 1. The molecular formula is C14H17N3O2S. The van der Waals surface area contributed by atoms with Gasteiger partial charge in [0.1, 0.15) is 0 Å². The summed E-state index contributed by atoms with van der Waals surface area (Å²) in [4.78, 5) is 0.461. The van der Waals surface area contributed by atoms with Crippen LogP contribution in [0.2, 0.25) is 0 Å². The van der Waals surface area contributed by atoms with Crippen molar-refractivity contribution in [3.63, 3.8) is 0 Å². The van der Waals surface area contributed by atoms with Crippen LogP contribution in [0.3, 0.4) is 0 Å². The van der Waals surface area contributed by atoms with E-state index in [-0.39, 0.29) is 17.8 Å². The van der Waals surface area contributed by atoms with Gasteiger partial charge in [0, 0.05) is 23.8 Å². The van der Waals surface area contributed by atoms with Gasteiger partial charge in [-0.15, -0.1) is 0 Å². The third-order valence-corrected chi connectivity index (χ3v) is 5.59. The fraction of sp³-hybridized carbons (Fsp3) is 0.357. The predicted molar refractivity (Wildman–Crippen MR) is 76.0 cm³/mol. The highest BCUT2D eigenvalue weighted by atomic mass is 32.2. The molecule has 0 bridgehead atoms. The summed E-state index contributed by atoms with van der Waals surface area (Å²) in [5.41, 5.74) is 1.94. The molecule has 106 valence electrons. The number of nitrogens with one attached hydrogen (secondary N) is 2. The summed E-state index contributed by atoms with van der Waals surface area (Å²) in [6, 6.07) is 7.43. The summed E-state index contributed by atoms with van der Waals surface area (Å²) in [6.07, 6.45) is 4.23. The van der Waals surface area contributed by atoms with E-state index in [1.54, 1.807) is 18.3 Å². The van der Waals surface area contributed by atoms with Gasteiger partial charge in [-0.1, -0.05) is 18.2 Å². The lowest BCUT2D eigenvalue weighted by Crippen LogP contribution is -2.31. The maximum Gasteiger partial charge on any atom is 0.178 e. The molecule has 2 heterocycles. The average Bonchev–Trinajstić information content (AvgIpc) is 2.96. The van der Waals surface area contributed by atoms with E-state index in [2.05, 4.69) is 22.4 Å². The fourth-order valence-corrected chi connectivity index (χ4v) is 4.28. The number of H-pyrrole nitrogens is 1. The van der Waals surface area contributed by atoms with Crippen molar-refractivity contribution < 1.29 is 8.42 Å². The van der Waals surface area contributed by atoms with Gasteiger partial charge in [-0.05, 0) is 25.0 Å². The molecule has 0 aliphatic carbocycles. The third kappa shape index (κ3) is 2.36. The SMILES string of the molecule is CC(NC1CCS(=O)(=O)c2ccccc21)c1cn[nH]c1. The Morgan fingerprint density at radius 3 is 2.95 bits per heavy atom. The molecule has 2 N–H and O–H groups in total. The van der Waals surface area contributed by atoms with Crippen LogP contribution in [0.25, 0.3) is 0 Å². The van der Waals surface area contributed by atoms with Crippen molar-refractivity contribution in [3.05, 3.63) is 47.8 Å². The number of rotatable bonds is 3. The first-order valence-corrected chi connectivity index (χ1v) is 8.29. The molecule has 6 heteroatoms. The van der Waals surface area contributed by atoms with Gasteiger partial charge in [-0.2, -0.15) is 5.10 Å². The second-order valence-electron chi connectivity index (χ2n) is 5.12. The zero-order chi connectivity index (χ0) is 14.2. The molecule has 1 aliphatic heterocycles. The Labute approximate surface area is 118 Å². The quantitative estimate of drug-likeness (QED) is 0.906. The first kappa shape index (κ1) is 13.3. The van der Waals surface area contributed by atoms with Crippen molar-refractivity contribution in [1.82, 2.24) is 15.5 Å². The minimum Gasteiger partial charge on any atom is -0.303 e. The van der Waals surface area contributed by atoms with Crippen LogP contribution in [0.4, 0.5) is 0 Å². The average molecular weight is 291 g/mol. The van der Waals surface area contributed by atoms with Gasteiger partial charge in [0.2, 0.25) is 0 Å². The molecule has 0 saturated heterocycles. The Kier molecular flexibility index (Phi) is 3.35. The molecule has 0 fully saturated rings. The first-order chi connectivity index (χ1) is 9.58. The molecule has 3 rings (SSSR count). The Morgan fingerprint density at radius 2 is 2.20 bits per heavy atom. The lowest BCUT2D eigenvalue weighted by Gasteiger charge is -2.28. The topological polar surface area (TPSA) is 74.8 Å². The van der Waals surface area contributed by atoms with E-state index < -0.39 is 9.84 Å². The predicted octanol–water partition coefficient (Wildman–Crippen LogP) is 1.98. The van der Waals surface area contributed by atoms with Crippen molar-refractivity contribution in [3.8, 4) is 0 Å². The molecule has 5 nitrogen and oxygen atoms in total. The van der Waals surface area contributed by atoms with Crippen LogP contribution in [0.1, 0.15) is 36.6 Å². The van der Waals surface area contributed by atoms with Crippen LogP contribution in [-0.2, 0) is 9.84 Å². The van der Waals surface area contributed by atoms with Crippen LogP contribution in [-0.4, -0.2) is 24.4 Å². The molecule has 0 saturated carbocycles. The number of hydrogen-bond donors (Lipinski definition) is 2. The maximum absolute atomic E-state index is 12.1. The maximum atomic E-state index is 12.1. The summed E-state index contributed by atoms with van der Waals surface area (Å²) in [5.74, 6) is 0.194. The van der Waals surface area contributed by atoms with Gasteiger partial charge < -0.3 is 5.32 Å². The fourth-order valence-electron chi connectivity index (χ4n) is 2.66. The van der Waals surface area contributed by atoms with Gasteiger partial charge in [-0.25, -0.2) is 8.42 Å². The Bertz CT molecular complexity index is 695. The highest BCUT2D eigenvalue weighted by Gasteiger charge is 2.30. The molecule has 2 unspecified atom stereocenters. The van der Waals surface area contributed by atoms with Crippen LogP contribution >= 0.6 is 0 Å². The molecule has 1 aromatic carbocycles. The minimum absolute atomic E-state index is 0.0552. The number of benzene rings is 1. The molecular weight excluding hydrogens is 274 g/mol. The van der Waals surface area contributed by atoms with Gasteiger partial charge >= 0.3 is 0 Å². The molecule has 2 atom stereocenters. The largest absolute Gasteiger partial charge is 0.303 e. The van der Waals surface area contributed by atoms with E-state index in [1.807, 2.05) is 18.3 Å². The summed E-state index contributed by atoms with van der Waals surface area (Å²) in [7, 11) is -3.12. The van der Waals surface area contributed by atoms with Crippen molar-refractivity contribution in [2.45, 2.75) is 30.3 Å². The van der Waals surface area contributed by atoms with Crippen molar-refractivity contribution in [2.75, 3.05) is 5.75 Å². The number of nitrogens with zero attached hydrogens (tertiary/aromatic N) is 1. The molecule has 0 radical (unpaired) electrons. The highest BCUT2D eigenvalue weighted by Crippen LogP contribution is 2.33. The van der Waals surface area contributed by atoms with Crippen molar-refractivity contribution in [1.29, 1.82) is 0 Å². The van der Waals surface area contributed by atoms with Crippen LogP contribution in [0, 0.1) is 0 Å². The second-order valence-corrected chi connectivity index (χ2v) is 7.20. The summed E-state index contributed by atoms with van der Waals surface area (Å²) < 4.78 is 24.2. The highest BCUT2D eigenvalue weighted by molar-refractivity contribution is 7.91. The van der Waals surface area contributed by atoms with Crippen molar-refractivity contribution >= 4 is 9.84 Å². The van der Waals surface area contributed by atoms with Gasteiger partial charge in [0.25, 0.3) is 0 Å². The molecule has 1 aromatic heterocycles. The Hall–Kier alpha value is -1.66. The van der Waals surface area contributed by atoms with E-state index in [9.17, 15) is 8.42 Å². The van der Waals surface area contributed by atoms with Crippen LogP contribution in [0.5, 0.6) is 0 Å². The first-order valence-electron chi connectivity index (χ1n) is 6.64. The molecule has 20 heavy (non-hydrogen) atoms. The van der Waals surface area contributed by atoms with E-state index >= 15 is 0 Å². The molecule has 0 amide bonds. The van der Waals surface area contributed by atoms with Crippen molar-refractivity contribution in [2.24, 2.45) is 0 Å². The number of hydrogen-bond acceptors (Lipinski definition) is 4. The molecule has 1 aliphatic rings. The number of sulfone groups is 1. The summed E-state index contributed by atoms with van der Waals surface area (Å²) in [5, 5.41) is 10.2. The molecule has 0 spiro atoms. The zero-order valence-electron chi connectivity index (χ0n) is 11.2. The van der Waals surface area contributed by atoms with E-state index in [0.717, 1.165) is 11.1 Å². The lowest BCUT2D eigenvalue weighted by molar-refractivity contribution is 0.441. The molecule has 2 aromatic rings. The summed E-state index contributed by atoms with van der Waals surface area (Å²) >= 11 is 0. The lowest BCUT2D eigenvalue weighted by atomic mass is 10.0. The Morgan fingerprint density at radius 1 is 1.40 bits per heavy atom. The third-order valence-electron chi connectivity index (χ3n) is 3.78.